The molecule has 0 aliphatic rings. The fraction of sp³-hybridized carbons (Fsp3) is 0.636. The summed E-state index contributed by atoms with van der Waals surface area (Å²) in [5.74, 6) is 0. The molecule has 0 atom stereocenters. The lowest BCUT2D eigenvalue weighted by Gasteiger charge is -2.24. The van der Waals surface area contributed by atoms with Gasteiger partial charge in [-0.15, -0.1) is 0 Å². The van der Waals surface area contributed by atoms with E-state index in [-0.39, 0.29) is 17.5 Å². The maximum atomic E-state index is 12.4. The number of rotatable bonds is 7. The summed E-state index contributed by atoms with van der Waals surface area (Å²) in [5.41, 5.74) is 6.16. The summed E-state index contributed by atoms with van der Waals surface area (Å²) in [7, 11) is -1.95. The van der Waals surface area contributed by atoms with E-state index in [1.165, 1.54) is 10.5 Å². The maximum absolute atomic E-state index is 12.4. The van der Waals surface area contributed by atoms with Gasteiger partial charge in [-0.2, -0.15) is 4.31 Å². The molecule has 0 fully saturated rings. The van der Waals surface area contributed by atoms with Gasteiger partial charge in [0.05, 0.1) is 11.5 Å². The molecule has 0 saturated heterocycles. The Balaban J connectivity index is 3.00. The molecule has 1 heterocycles. The van der Waals surface area contributed by atoms with Gasteiger partial charge in [-0.05, 0) is 19.9 Å². The predicted molar refractivity (Wildman–Crippen MR) is 69.6 cm³/mol. The van der Waals surface area contributed by atoms with Crippen molar-refractivity contribution < 1.29 is 13.2 Å². The monoisotopic (exact) mass is 275 g/mol. The smallest absolute Gasteiger partial charge is 0.244 e. The first-order valence-electron chi connectivity index (χ1n) is 5.81. The van der Waals surface area contributed by atoms with Gasteiger partial charge < -0.3 is 15.5 Å². The van der Waals surface area contributed by atoms with Crippen LogP contribution in [0.15, 0.2) is 17.2 Å². The average molecular weight is 275 g/mol. The van der Waals surface area contributed by atoms with Gasteiger partial charge in [-0.25, -0.2) is 8.42 Å². The van der Waals surface area contributed by atoms with Crippen LogP contribution in [0.3, 0.4) is 0 Å². The number of H-pyrrole nitrogens is 1. The van der Waals surface area contributed by atoms with Gasteiger partial charge in [-0.1, -0.05) is 0 Å². The molecule has 0 bridgehead atoms. The van der Waals surface area contributed by atoms with Crippen LogP contribution in [0.2, 0.25) is 0 Å². The van der Waals surface area contributed by atoms with E-state index >= 15 is 0 Å². The fourth-order valence-corrected chi connectivity index (χ4v) is 3.30. The zero-order valence-electron chi connectivity index (χ0n) is 11.0. The second kappa shape index (κ2) is 6.33. The highest BCUT2D eigenvalue weighted by Gasteiger charge is 2.27. The molecule has 1 aromatic heterocycles. The molecule has 7 heteroatoms. The Morgan fingerprint density at radius 2 is 2.17 bits per heavy atom. The fourth-order valence-electron chi connectivity index (χ4n) is 1.66. The van der Waals surface area contributed by atoms with Crippen LogP contribution < -0.4 is 5.73 Å². The highest BCUT2D eigenvalue weighted by Crippen LogP contribution is 2.18. The van der Waals surface area contributed by atoms with E-state index in [1.54, 1.807) is 13.2 Å². The van der Waals surface area contributed by atoms with Crippen LogP contribution in [0.4, 0.5) is 0 Å². The maximum Gasteiger partial charge on any atom is 0.244 e. The third-order valence-electron chi connectivity index (χ3n) is 2.63. The first-order valence-corrected chi connectivity index (χ1v) is 7.25. The number of nitrogens with two attached hydrogens (primary N) is 1. The van der Waals surface area contributed by atoms with Gasteiger partial charge in [0.15, 0.2) is 0 Å². The molecule has 0 saturated carbocycles. The molecule has 3 N–H and O–H groups in total. The summed E-state index contributed by atoms with van der Waals surface area (Å²) in [5, 5.41) is 0. The summed E-state index contributed by atoms with van der Waals surface area (Å²) in [6.45, 7) is 4.66. The summed E-state index contributed by atoms with van der Waals surface area (Å²) >= 11 is 0. The van der Waals surface area contributed by atoms with Crippen LogP contribution in [-0.2, 0) is 21.3 Å². The van der Waals surface area contributed by atoms with Crippen LogP contribution in [0.25, 0.3) is 0 Å². The Bertz CT molecular complexity index is 468. The molecule has 6 nitrogen and oxygen atoms in total. The summed E-state index contributed by atoms with van der Waals surface area (Å²) < 4.78 is 31.2. The lowest BCUT2D eigenvalue weighted by molar-refractivity contribution is 0.171. The number of hydrogen-bond acceptors (Lipinski definition) is 4. The third kappa shape index (κ3) is 3.32. The Morgan fingerprint density at radius 1 is 1.50 bits per heavy atom. The summed E-state index contributed by atoms with van der Waals surface area (Å²) in [4.78, 5) is 3.09. The van der Waals surface area contributed by atoms with Gasteiger partial charge in [0.25, 0.3) is 0 Å². The summed E-state index contributed by atoms with van der Waals surface area (Å²) in [6.07, 6.45) is 1.47. The molecule has 0 aromatic carbocycles. The molecule has 18 heavy (non-hydrogen) atoms. The Labute approximate surface area is 108 Å². The van der Waals surface area contributed by atoms with Gasteiger partial charge >= 0.3 is 0 Å². The second-order valence-corrected chi connectivity index (χ2v) is 6.16. The Morgan fingerprint density at radius 3 is 2.61 bits per heavy atom. The molecule has 0 radical (unpaired) electrons. The number of aromatic amines is 1. The number of ether oxygens (including phenoxy) is 1. The Kier molecular flexibility index (Phi) is 5.33. The molecular weight excluding hydrogens is 254 g/mol. The third-order valence-corrected chi connectivity index (χ3v) is 4.69. The Hall–Kier alpha value is -0.890. The van der Waals surface area contributed by atoms with Crippen LogP contribution >= 0.6 is 0 Å². The lowest BCUT2D eigenvalue weighted by atomic mass is 10.4. The molecule has 1 rings (SSSR count). The second-order valence-electron chi connectivity index (χ2n) is 4.27. The highest BCUT2D eigenvalue weighted by molar-refractivity contribution is 7.89. The van der Waals surface area contributed by atoms with Crippen molar-refractivity contribution in [1.29, 1.82) is 0 Å². The number of nitrogens with zero attached hydrogens (tertiary/aromatic N) is 1. The van der Waals surface area contributed by atoms with Crippen molar-refractivity contribution in [2.45, 2.75) is 31.3 Å². The zero-order valence-corrected chi connectivity index (χ0v) is 11.8. The minimum atomic E-state index is -3.50. The normalized spacial score (nSPS) is 12.6. The van der Waals surface area contributed by atoms with Crippen molar-refractivity contribution in [3.05, 3.63) is 18.0 Å². The van der Waals surface area contributed by atoms with E-state index < -0.39 is 10.0 Å². The van der Waals surface area contributed by atoms with Crippen molar-refractivity contribution in [2.75, 3.05) is 20.3 Å². The lowest BCUT2D eigenvalue weighted by Crippen LogP contribution is -2.39. The van der Waals surface area contributed by atoms with Crippen molar-refractivity contribution in [1.82, 2.24) is 9.29 Å². The average Bonchev–Trinajstić information content (AvgIpc) is 2.77. The van der Waals surface area contributed by atoms with Crippen molar-refractivity contribution in [2.24, 2.45) is 5.73 Å². The largest absolute Gasteiger partial charge is 0.383 e. The van der Waals surface area contributed by atoms with E-state index in [9.17, 15) is 8.42 Å². The first-order chi connectivity index (χ1) is 8.43. The standard InChI is InChI=1S/C11H21N3O3S/c1-9(2)14(4-5-17-3)18(15,16)11-6-10(7-12)13-8-11/h6,8-9,13H,4-5,7,12H2,1-3H3. The zero-order chi connectivity index (χ0) is 13.8. The predicted octanol–water partition coefficient (Wildman–Crippen LogP) is 0.519. The molecule has 0 amide bonds. The number of methoxy groups -OCH3 is 1. The number of nitrogens with one attached hydrogen (secondary N) is 1. The van der Waals surface area contributed by atoms with E-state index in [4.69, 9.17) is 10.5 Å². The first kappa shape index (κ1) is 15.2. The molecule has 104 valence electrons. The van der Waals surface area contributed by atoms with Gasteiger partial charge in [0.2, 0.25) is 10.0 Å². The van der Waals surface area contributed by atoms with Crippen LogP contribution in [-0.4, -0.2) is 44.0 Å². The number of aromatic nitrogens is 1. The van der Waals surface area contributed by atoms with E-state index in [1.807, 2.05) is 13.8 Å². The van der Waals surface area contributed by atoms with Gasteiger partial charge in [-0.3, -0.25) is 0 Å². The molecule has 0 spiro atoms. The molecule has 0 aliphatic carbocycles. The van der Waals surface area contributed by atoms with Crippen molar-refractivity contribution in [3.63, 3.8) is 0 Å². The van der Waals surface area contributed by atoms with Crippen LogP contribution in [0.1, 0.15) is 19.5 Å². The highest BCUT2D eigenvalue weighted by atomic mass is 32.2. The van der Waals surface area contributed by atoms with Crippen molar-refractivity contribution in [3.8, 4) is 0 Å². The SMILES string of the molecule is COCCN(C(C)C)S(=O)(=O)c1c[nH]c(CN)c1. The van der Waals surface area contributed by atoms with Gasteiger partial charge in [0.1, 0.15) is 0 Å². The van der Waals surface area contributed by atoms with E-state index in [0.717, 1.165) is 0 Å². The minimum Gasteiger partial charge on any atom is -0.383 e. The summed E-state index contributed by atoms with van der Waals surface area (Å²) in [6, 6.07) is 1.44. The topological polar surface area (TPSA) is 88.4 Å². The number of sulfonamides is 1. The molecular formula is C11H21N3O3S. The number of hydrogen-bond donors (Lipinski definition) is 2. The quantitative estimate of drug-likeness (QED) is 0.759. The molecule has 0 unspecified atom stereocenters. The van der Waals surface area contributed by atoms with Crippen molar-refractivity contribution >= 4 is 10.0 Å². The minimum absolute atomic E-state index is 0.124. The molecule has 1 aromatic rings. The van der Waals surface area contributed by atoms with Gasteiger partial charge in [0, 0.05) is 38.1 Å². The van der Waals surface area contributed by atoms with Crippen LogP contribution in [0, 0.1) is 0 Å². The van der Waals surface area contributed by atoms with E-state index in [0.29, 0.717) is 18.8 Å². The van der Waals surface area contributed by atoms with E-state index in [2.05, 4.69) is 4.98 Å². The van der Waals surface area contributed by atoms with Crippen LogP contribution in [0.5, 0.6) is 0 Å². The molecule has 0 aliphatic heterocycles.